The topological polar surface area (TPSA) is 9.23 Å². The molecule has 1 aliphatic carbocycles. The lowest BCUT2D eigenvalue weighted by molar-refractivity contribution is -0.175. The van der Waals surface area contributed by atoms with Crippen molar-refractivity contribution in [1.82, 2.24) is 0 Å². The van der Waals surface area contributed by atoms with Gasteiger partial charge in [0.05, 0.1) is 11.2 Å². The Bertz CT molecular complexity index is 676. The maximum atomic E-state index is 6.99. The maximum Gasteiger partial charge on any atom is 0.0961 e. The zero-order chi connectivity index (χ0) is 22.2. The van der Waals surface area contributed by atoms with Crippen molar-refractivity contribution in [1.29, 1.82) is 0 Å². The summed E-state index contributed by atoms with van der Waals surface area (Å²) in [6, 6.07) is 0. The summed E-state index contributed by atoms with van der Waals surface area (Å²) in [6.45, 7) is 16.0. The van der Waals surface area contributed by atoms with Gasteiger partial charge in [-0.05, 0) is 84.6 Å². The first-order chi connectivity index (χ1) is 14.3. The summed E-state index contributed by atoms with van der Waals surface area (Å²) in [4.78, 5) is 0. The van der Waals surface area contributed by atoms with Gasteiger partial charge in [0, 0.05) is 5.92 Å². The number of fused-ring (bicyclic) bond motifs is 1. The van der Waals surface area contributed by atoms with Crippen LogP contribution in [0, 0.1) is 12.3 Å². The summed E-state index contributed by atoms with van der Waals surface area (Å²) in [5.41, 5.74) is 5.98. The molecule has 3 unspecified atom stereocenters. The normalized spacial score (nSPS) is 30.0. The fourth-order valence-electron chi connectivity index (χ4n) is 5.25. The van der Waals surface area contributed by atoms with E-state index in [-0.39, 0.29) is 11.2 Å². The number of hydrogen-bond acceptors (Lipinski definition) is 1. The lowest BCUT2D eigenvalue weighted by atomic mass is 9.68. The molecule has 1 heteroatoms. The average Bonchev–Trinajstić information content (AvgIpc) is 2.71. The van der Waals surface area contributed by atoms with Crippen molar-refractivity contribution in [3.05, 3.63) is 53.0 Å². The molecule has 0 N–H and O–H groups in total. The lowest BCUT2D eigenvalue weighted by Gasteiger charge is -2.53. The van der Waals surface area contributed by atoms with E-state index in [1.54, 1.807) is 11.1 Å². The Kier molecular flexibility index (Phi) is 9.67. The average molecular weight is 412 g/mol. The molecule has 2 aliphatic rings. The van der Waals surface area contributed by atoms with Crippen LogP contribution in [0.3, 0.4) is 0 Å². The summed E-state index contributed by atoms with van der Waals surface area (Å²) in [6.07, 6.45) is 23.6. The van der Waals surface area contributed by atoms with Crippen LogP contribution in [-0.2, 0) is 4.74 Å². The highest BCUT2D eigenvalue weighted by atomic mass is 16.5. The van der Waals surface area contributed by atoms with Crippen LogP contribution in [0.2, 0.25) is 0 Å². The molecule has 0 bridgehead atoms. The molecule has 0 saturated carbocycles. The maximum absolute atomic E-state index is 6.99. The summed E-state index contributed by atoms with van der Waals surface area (Å²) in [7, 11) is 0. The predicted molar refractivity (Wildman–Crippen MR) is 133 cm³/mol. The smallest absolute Gasteiger partial charge is 0.0961 e. The van der Waals surface area contributed by atoms with Crippen LogP contribution < -0.4 is 0 Å². The second-order valence-electron chi connectivity index (χ2n) is 10.1. The van der Waals surface area contributed by atoms with Crippen molar-refractivity contribution >= 4 is 0 Å². The van der Waals surface area contributed by atoms with Gasteiger partial charge in [-0.2, -0.15) is 13.3 Å². The highest BCUT2D eigenvalue weighted by molar-refractivity contribution is 5.36. The van der Waals surface area contributed by atoms with Gasteiger partial charge >= 0.3 is 0 Å². The van der Waals surface area contributed by atoms with Gasteiger partial charge in [-0.15, -0.1) is 0 Å². The van der Waals surface area contributed by atoms with Crippen LogP contribution in [-0.4, -0.2) is 11.2 Å². The van der Waals surface area contributed by atoms with Crippen molar-refractivity contribution in [2.75, 3.05) is 0 Å². The Labute approximate surface area is 187 Å². The van der Waals surface area contributed by atoms with E-state index in [9.17, 15) is 0 Å². The van der Waals surface area contributed by atoms with Crippen molar-refractivity contribution < 1.29 is 4.74 Å². The van der Waals surface area contributed by atoms with Gasteiger partial charge in [0.1, 0.15) is 0 Å². The first-order valence-corrected chi connectivity index (χ1v) is 12.4. The molecule has 0 spiro atoms. The van der Waals surface area contributed by atoms with Gasteiger partial charge in [0.15, 0.2) is 0 Å². The molecule has 0 amide bonds. The molecule has 0 aromatic heterocycles. The monoisotopic (exact) mass is 411 g/mol. The summed E-state index contributed by atoms with van der Waals surface area (Å²) in [5.74, 6) is 0.478. The van der Waals surface area contributed by atoms with Gasteiger partial charge in [0.2, 0.25) is 0 Å². The summed E-state index contributed by atoms with van der Waals surface area (Å²) in [5, 5.41) is 0. The molecule has 1 heterocycles. The van der Waals surface area contributed by atoms with Crippen molar-refractivity contribution in [2.45, 2.75) is 124 Å². The second-order valence-corrected chi connectivity index (χ2v) is 10.1. The predicted octanol–water partition coefficient (Wildman–Crippen LogP) is 9.07. The van der Waals surface area contributed by atoms with Gasteiger partial charge in [-0.3, -0.25) is 0 Å². The van der Waals surface area contributed by atoms with E-state index < -0.39 is 0 Å². The van der Waals surface area contributed by atoms with E-state index in [0.717, 1.165) is 25.7 Å². The quantitative estimate of drug-likeness (QED) is 0.187. The Morgan fingerprint density at radius 1 is 1.17 bits per heavy atom. The first-order valence-electron chi connectivity index (χ1n) is 12.4. The summed E-state index contributed by atoms with van der Waals surface area (Å²) < 4.78 is 6.99. The molecule has 3 atom stereocenters. The standard InChI is InChI=1S/C29H47O/c1-8-10-11-14-23(3)15-12-16-24(4)17-13-21-28(7)22-20-27-19-18-25(5)26(6)29(27,9-2)30-28/h8,14,17-19,26H,9-13,15-16,20-22H2,1-7H3/q-1/b23-14+,24-17+. The third-order valence-corrected chi connectivity index (χ3v) is 7.61. The Morgan fingerprint density at radius 3 is 2.47 bits per heavy atom. The molecule has 1 aliphatic heterocycles. The summed E-state index contributed by atoms with van der Waals surface area (Å²) >= 11 is 0. The van der Waals surface area contributed by atoms with Crippen molar-refractivity contribution in [3.8, 4) is 0 Å². The Hall–Kier alpha value is -1.08. The molecule has 0 radical (unpaired) electrons. The van der Waals surface area contributed by atoms with Crippen LogP contribution >= 0.6 is 0 Å². The molecular weight excluding hydrogens is 364 g/mol. The molecule has 0 aromatic carbocycles. The molecule has 1 fully saturated rings. The fraction of sp³-hybridized carbons (Fsp3) is 0.690. The largest absolute Gasteiger partial charge is 0.364 e. The minimum Gasteiger partial charge on any atom is -0.364 e. The van der Waals surface area contributed by atoms with Gasteiger partial charge in [-0.1, -0.05) is 61.3 Å². The van der Waals surface area contributed by atoms with E-state index in [1.165, 1.54) is 49.7 Å². The minimum absolute atomic E-state index is 0.00830. The van der Waals surface area contributed by atoms with Crippen molar-refractivity contribution in [2.24, 2.45) is 5.92 Å². The zero-order valence-electron chi connectivity index (χ0n) is 20.9. The zero-order valence-corrected chi connectivity index (χ0v) is 20.9. The number of hydrogen-bond donors (Lipinski definition) is 0. The van der Waals surface area contributed by atoms with E-state index in [2.05, 4.69) is 79.2 Å². The highest BCUT2D eigenvalue weighted by Gasteiger charge is 2.49. The van der Waals surface area contributed by atoms with E-state index in [0.29, 0.717) is 5.92 Å². The number of allylic oxidation sites excluding steroid dienone is 6. The van der Waals surface area contributed by atoms with E-state index >= 15 is 0 Å². The highest BCUT2D eigenvalue weighted by Crippen LogP contribution is 2.50. The van der Waals surface area contributed by atoms with Crippen LogP contribution in [0.4, 0.5) is 0 Å². The lowest BCUT2D eigenvalue weighted by Crippen LogP contribution is -2.53. The van der Waals surface area contributed by atoms with Gasteiger partial charge < -0.3 is 11.2 Å². The van der Waals surface area contributed by atoms with E-state index in [4.69, 9.17) is 4.74 Å². The third-order valence-electron chi connectivity index (χ3n) is 7.61. The van der Waals surface area contributed by atoms with Crippen LogP contribution in [0.25, 0.3) is 0 Å². The second kappa shape index (κ2) is 11.5. The molecule has 30 heavy (non-hydrogen) atoms. The molecule has 0 aromatic rings. The molecule has 1 nitrogen and oxygen atoms in total. The van der Waals surface area contributed by atoms with Gasteiger partial charge in [0.25, 0.3) is 0 Å². The molecule has 1 saturated heterocycles. The molecule has 170 valence electrons. The number of rotatable bonds is 11. The fourth-order valence-corrected chi connectivity index (χ4v) is 5.25. The van der Waals surface area contributed by atoms with Gasteiger partial charge in [-0.25, -0.2) is 0 Å². The SMILES string of the molecule is C[CH-]CC/C=C(\C)CCC/C(C)=C/CCC1(C)CCC2=CC=C(C)C(C)C2(CC)O1. The van der Waals surface area contributed by atoms with E-state index in [1.807, 2.05) is 0 Å². The number of ether oxygens (including phenoxy) is 1. The number of unbranched alkanes of at least 4 members (excludes halogenated alkanes) is 2. The first kappa shape index (κ1) is 25.2. The molecule has 2 rings (SSSR count). The molecular formula is C29H47O-. The van der Waals surface area contributed by atoms with Crippen LogP contribution in [0.1, 0.15) is 113 Å². The Balaban J connectivity index is 1.84. The Morgan fingerprint density at radius 2 is 1.83 bits per heavy atom. The third kappa shape index (κ3) is 6.46. The van der Waals surface area contributed by atoms with Crippen molar-refractivity contribution in [3.63, 3.8) is 0 Å². The van der Waals surface area contributed by atoms with Crippen LogP contribution in [0.15, 0.2) is 46.6 Å². The van der Waals surface area contributed by atoms with Crippen LogP contribution in [0.5, 0.6) is 0 Å². The minimum atomic E-state index is -0.0794.